The van der Waals surface area contributed by atoms with Gasteiger partial charge in [0.1, 0.15) is 18.1 Å². The van der Waals surface area contributed by atoms with Crippen molar-refractivity contribution in [3.63, 3.8) is 0 Å². The second-order valence-corrected chi connectivity index (χ2v) is 6.47. The fourth-order valence-corrected chi connectivity index (χ4v) is 3.11. The summed E-state index contributed by atoms with van der Waals surface area (Å²) < 4.78 is 13.0. The van der Waals surface area contributed by atoms with E-state index in [-0.39, 0.29) is 25.5 Å². The van der Waals surface area contributed by atoms with Crippen molar-refractivity contribution in [2.45, 2.75) is 19.6 Å². The first kappa shape index (κ1) is 18.0. The van der Waals surface area contributed by atoms with Crippen molar-refractivity contribution in [3.8, 4) is 11.5 Å². The molecule has 0 spiro atoms. The Hall–Kier alpha value is -3.38. The minimum absolute atomic E-state index is 0.0848. The highest BCUT2D eigenvalue weighted by atomic mass is 16.5. The second-order valence-electron chi connectivity index (χ2n) is 6.47. The summed E-state index contributed by atoms with van der Waals surface area (Å²) in [5, 5.41) is 5.80. The molecule has 0 atom stereocenters. The third kappa shape index (κ3) is 3.82. The lowest BCUT2D eigenvalue weighted by Gasteiger charge is -2.03. The first-order valence-corrected chi connectivity index (χ1v) is 9.19. The van der Waals surface area contributed by atoms with Crippen LogP contribution in [0.4, 0.5) is 0 Å². The predicted octanol–water partition coefficient (Wildman–Crippen LogP) is 3.74. The standard InChI is InChI=1S/C22H21N3O3/c23-13-12-21(26)27-15-17-10-11-20(28-17)22-18-8-4-5-9-19(18)25(24-22)14-16-6-2-1-3-7-16/h1-11H,12-15,23H2. The van der Waals surface area contributed by atoms with Gasteiger partial charge in [-0.15, -0.1) is 0 Å². The van der Waals surface area contributed by atoms with Crippen molar-refractivity contribution in [1.82, 2.24) is 9.78 Å². The summed E-state index contributed by atoms with van der Waals surface area (Å²) >= 11 is 0. The number of carbonyl (C=O) groups is 1. The second kappa shape index (κ2) is 8.10. The molecule has 0 unspecified atom stereocenters. The lowest BCUT2D eigenvalue weighted by molar-refractivity contribution is -0.145. The number of esters is 1. The number of para-hydroxylation sites is 1. The van der Waals surface area contributed by atoms with Crippen LogP contribution in [0.15, 0.2) is 71.1 Å². The van der Waals surface area contributed by atoms with Crippen LogP contribution in [0.2, 0.25) is 0 Å². The van der Waals surface area contributed by atoms with E-state index < -0.39 is 0 Å². The van der Waals surface area contributed by atoms with Crippen LogP contribution in [-0.2, 0) is 22.7 Å². The zero-order chi connectivity index (χ0) is 19.3. The third-order valence-electron chi connectivity index (χ3n) is 4.45. The number of fused-ring (bicyclic) bond motifs is 1. The van der Waals surface area contributed by atoms with Gasteiger partial charge in [-0.3, -0.25) is 9.48 Å². The molecule has 0 saturated heterocycles. The Labute approximate surface area is 162 Å². The molecule has 2 aromatic carbocycles. The average Bonchev–Trinajstić information content (AvgIpc) is 3.33. The first-order chi connectivity index (χ1) is 13.7. The van der Waals surface area contributed by atoms with Crippen molar-refractivity contribution in [3.05, 3.63) is 78.1 Å². The fraction of sp³-hybridized carbons (Fsp3) is 0.182. The summed E-state index contributed by atoms with van der Waals surface area (Å²) in [7, 11) is 0. The summed E-state index contributed by atoms with van der Waals surface area (Å²) in [4.78, 5) is 11.5. The summed E-state index contributed by atoms with van der Waals surface area (Å²) in [5.41, 5.74) is 8.33. The minimum atomic E-state index is -0.335. The van der Waals surface area contributed by atoms with Gasteiger partial charge in [0.15, 0.2) is 5.76 Å². The minimum Gasteiger partial charge on any atom is -0.457 e. The molecule has 2 heterocycles. The molecule has 0 aliphatic carbocycles. The molecule has 0 aliphatic rings. The Morgan fingerprint density at radius 1 is 1.04 bits per heavy atom. The van der Waals surface area contributed by atoms with Gasteiger partial charge in [-0.25, -0.2) is 0 Å². The quantitative estimate of drug-likeness (QED) is 0.498. The number of nitrogens with zero attached hydrogens (tertiary/aromatic N) is 2. The molecule has 6 heteroatoms. The van der Waals surface area contributed by atoms with Crippen molar-refractivity contribution in [2.24, 2.45) is 5.73 Å². The van der Waals surface area contributed by atoms with Crippen molar-refractivity contribution < 1.29 is 13.9 Å². The molecule has 0 radical (unpaired) electrons. The topological polar surface area (TPSA) is 83.3 Å². The molecule has 28 heavy (non-hydrogen) atoms. The Morgan fingerprint density at radius 2 is 1.82 bits per heavy atom. The molecule has 4 aromatic rings. The maximum Gasteiger partial charge on any atom is 0.307 e. The van der Waals surface area contributed by atoms with Crippen LogP contribution in [0, 0.1) is 0 Å². The Balaban J connectivity index is 1.61. The van der Waals surface area contributed by atoms with Crippen LogP contribution in [0.25, 0.3) is 22.4 Å². The smallest absolute Gasteiger partial charge is 0.307 e. The molecular weight excluding hydrogens is 354 g/mol. The highest BCUT2D eigenvalue weighted by molar-refractivity contribution is 5.92. The highest BCUT2D eigenvalue weighted by Crippen LogP contribution is 2.30. The average molecular weight is 375 g/mol. The maximum absolute atomic E-state index is 11.5. The summed E-state index contributed by atoms with van der Waals surface area (Å²) in [6.07, 6.45) is 0.197. The summed E-state index contributed by atoms with van der Waals surface area (Å²) in [5.74, 6) is 0.882. The fourth-order valence-electron chi connectivity index (χ4n) is 3.11. The summed E-state index contributed by atoms with van der Waals surface area (Å²) in [6, 6.07) is 21.9. The number of hydrogen-bond donors (Lipinski definition) is 1. The van der Waals surface area contributed by atoms with Crippen LogP contribution in [-0.4, -0.2) is 22.3 Å². The van der Waals surface area contributed by atoms with Gasteiger partial charge in [0.2, 0.25) is 0 Å². The van der Waals surface area contributed by atoms with Crippen LogP contribution in [0.1, 0.15) is 17.7 Å². The van der Waals surface area contributed by atoms with Crippen LogP contribution in [0.5, 0.6) is 0 Å². The molecule has 142 valence electrons. The number of ether oxygens (including phenoxy) is 1. The number of aromatic nitrogens is 2. The van der Waals surface area contributed by atoms with Gasteiger partial charge in [-0.1, -0.05) is 48.5 Å². The van der Waals surface area contributed by atoms with Gasteiger partial charge in [-0.2, -0.15) is 5.10 Å². The van der Waals surface area contributed by atoms with Gasteiger partial charge in [0, 0.05) is 11.9 Å². The van der Waals surface area contributed by atoms with Crippen LogP contribution < -0.4 is 5.73 Å². The molecule has 0 saturated carbocycles. The van der Waals surface area contributed by atoms with E-state index in [0.717, 1.165) is 16.6 Å². The molecule has 4 rings (SSSR count). The summed E-state index contributed by atoms with van der Waals surface area (Å²) in [6.45, 7) is 1.03. The molecular formula is C22H21N3O3. The number of benzene rings is 2. The highest BCUT2D eigenvalue weighted by Gasteiger charge is 2.16. The SMILES string of the molecule is NCCC(=O)OCc1ccc(-c2nn(Cc3ccccc3)c3ccccc23)o1. The van der Waals surface area contributed by atoms with Gasteiger partial charge in [0.05, 0.1) is 18.5 Å². The Morgan fingerprint density at radius 3 is 2.64 bits per heavy atom. The van der Waals surface area contributed by atoms with Gasteiger partial charge >= 0.3 is 5.97 Å². The van der Waals surface area contributed by atoms with Crippen molar-refractivity contribution in [1.29, 1.82) is 0 Å². The van der Waals surface area contributed by atoms with Crippen LogP contribution in [0.3, 0.4) is 0 Å². The molecule has 6 nitrogen and oxygen atoms in total. The Bertz CT molecular complexity index is 1080. The molecule has 2 N–H and O–H groups in total. The maximum atomic E-state index is 11.5. The Kier molecular flexibility index (Phi) is 5.21. The van der Waals surface area contributed by atoms with E-state index in [0.29, 0.717) is 18.1 Å². The third-order valence-corrected chi connectivity index (χ3v) is 4.45. The molecule has 2 aromatic heterocycles. The lowest BCUT2D eigenvalue weighted by Crippen LogP contribution is -2.10. The van der Waals surface area contributed by atoms with Crippen molar-refractivity contribution >= 4 is 16.9 Å². The number of hydrogen-bond acceptors (Lipinski definition) is 5. The van der Waals surface area contributed by atoms with E-state index >= 15 is 0 Å². The zero-order valence-corrected chi connectivity index (χ0v) is 15.4. The molecule has 0 aliphatic heterocycles. The molecule has 0 bridgehead atoms. The van der Waals surface area contributed by atoms with E-state index in [1.165, 1.54) is 5.56 Å². The van der Waals surface area contributed by atoms with E-state index in [1.54, 1.807) is 6.07 Å². The van der Waals surface area contributed by atoms with Crippen LogP contribution >= 0.6 is 0 Å². The van der Waals surface area contributed by atoms with E-state index in [2.05, 4.69) is 12.1 Å². The predicted molar refractivity (Wildman–Crippen MR) is 106 cm³/mol. The van der Waals surface area contributed by atoms with Gasteiger partial charge in [0.25, 0.3) is 0 Å². The first-order valence-electron chi connectivity index (χ1n) is 9.19. The number of rotatable bonds is 7. The normalized spacial score (nSPS) is 11.0. The molecule has 0 fully saturated rings. The van der Waals surface area contributed by atoms with Gasteiger partial charge in [-0.05, 0) is 23.8 Å². The van der Waals surface area contributed by atoms with E-state index in [4.69, 9.17) is 20.0 Å². The zero-order valence-electron chi connectivity index (χ0n) is 15.4. The monoisotopic (exact) mass is 375 g/mol. The largest absolute Gasteiger partial charge is 0.457 e. The van der Waals surface area contributed by atoms with Gasteiger partial charge < -0.3 is 14.9 Å². The van der Waals surface area contributed by atoms with E-state index in [9.17, 15) is 4.79 Å². The molecule has 0 amide bonds. The number of furan rings is 1. The van der Waals surface area contributed by atoms with E-state index in [1.807, 2.05) is 53.2 Å². The number of nitrogens with two attached hydrogens (primary N) is 1. The van der Waals surface area contributed by atoms with Crippen molar-refractivity contribution in [2.75, 3.05) is 6.54 Å². The lowest BCUT2D eigenvalue weighted by atomic mass is 10.2. The number of carbonyl (C=O) groups excluding carboxylic acids is 1.